The van der Waals surface area contributed by atoms with Crippen molar-refractivity contribution in [2.45, 2.75) is 31.5 Å². The highest BCUT2D eigenvalue weighted by atomic mass is 16.5. The molecule has 1 aromatic carbocycles. The Morgan fingerprint density at radius 3 is 2.81 bits per heavy atom. The van der Waals surface area contributed by atoms with E-state index < -0.39 is 0 Å². The van der Waals surface area contributed by atoms with Crippen LogP contribution in [-0.2, 0) is 4.74 Å². The molecule has 0 spiro atoms. The lowest BCUT2D eigenvalue weighted by atomic mass is 10.0. The van der Waals surface area contributed by atoms with Crippen LogP contribution in [0, 0.1) is 0 Å². The summed E-state index contributed by atoms with van der Waals surface area (Å²) in [5, 5.41) is 13.2. The third-order valence-electron chi connectivity index (χ3n) is 3.09. The van der Waals surface area contributed by atoms with Crippen molar-refractivity contribution in [2.75, 3.05) is 13.2 Å². The first-order valence-corrected chi connectivity index (χ1v) is 5.84. The van der Waals surface area contributed by atoms with Gasteiger partial charge >= 0.3 is 0 Å². The second-order valence-corrected chi connectivity index (χ2v) is 4.34. The number of ether oxygens (including phenoxy) is 1. The van der Waals surface area contributed by atoms with Crippen molar-refractivity contribution in [3.05, 3.63) is 35.9 Å². The first kappa shape index (κ1) is 11.6. The Labute approximate surface area is 96.4 Å². The number of aliphatic hydroxyl groups excluding tert-OH is 1. The molecule has 3 atom stereocenters. The molecule has 0 aliphatic carbocycles. The Hall–Kier alpha value is -0.900. The van der Waals surface area contributed by atoms with Crippen LogP contribution in [0.2, 0.25) is 0 Å². The Balaban J connectivity index is 1.94. The van der Waals surface area contributed by atoms with Crippen LogP contribution < -0.4 is 5.32 Å². The predicted octanol–water partition coefficient (Wildman–Crippen LogP) is 1.49. The van der Waals surface area contributed by atoms with Crippen LogP contribution in [0.4, 0.5) is 0 Å². The van der Waals surface area contributed by atoms with E-state index in [0.717, 1.165) is 13.0 Å². The van der Waals surface area contributed by atoms with Gasteiger partial charge in [0.25, 0.3) is 0 Å². The van der Waals surface area contributed by atoms with Crippen LogP contribution in [0.1, 0.15) is 24.9 Å². The molecule has 1 aliphatic rings. The highest BCUT2D eigenvalue weighted by molar-refractivity contribution is 5.18. The van der Waals surface area contributed by atoms with Crippen molar-refractivity contribution < 1.29 is 9.84 Å². The standard InChI is InChI=1S/C13H19NO2/c1-10(11-5-3-2-4-6-11)14-12-7-8-16-9-13(12)15/h2-6,10,12-15H,7-9H2,1H3/t10-,12-,13?/m0/s1. The van der Waals surface area contributed by atoms with Gasteiger partial charge in [0.2, 0.25) is 0 Å². The first-order chi connectivity index (χ1) is 7.77. The molecular formula is C13H19NO2. The molecule has 1 saturated heterocycles. The summed E-state index contributed by atoms with van der Waals surface area (Å²) in [5.41, 5.74) is 1.25. The van der Waals surface area contributed by atoms with Crippen LogP contribution in [0.25, 0.3) is 0 Å². The summed E-state index contributed by atoms with van der Waals surface area (Å²) in [6.07, 6.45) is 0.484. The van der Waals surface area contributed by atoms with E-state index in [1.54, 1.807) is 0 Å². The predicted molar refractivity (Wildman–Crippen MR) is 63.2 cm³/mol. The van der Waals surface area contributed by atoms with E-state index in [0.29, 0.717) is 6.61 Å². The van der Waals surface area contributed by atoms with Gasteiger partial charge in [-0.25, -0.2) is 0 Å². The van der Waals surface area contributed by atoms with Gasteiger partial charge in [0.1, 0.15) is 0 Å². The third-order valence-corrected chi connectivity index (χ3v) is 3.09. The highest BCUT2D eigenvalue weighted by Gasteiger charge is 2.24. The number of hydrogen-bond acceptors (Lipinski definition) is 3. The van der Waals surface area contributed by atoms with Gasteiger partial charge in [0.15, 0.2) is 0 Å². The Bertz CT molecular complexity index is 315. The molecule has 88 valence electrons. The van der Waals surface area contributed by atoms with E-state index in [2.05, 4.69) is 24.4 Å². The largest absolute Gasteiger partial charge is 0.389 e. The second kappa shape index (κ2) is 5.43. The van der Waals surface area contributed by atoms with Crippen molar-refractivity contribution in [1.82, 2.24) is 5.32 Å². The van der Waals surface area contributed by atoms with Crippen molar-refractivity contribution in [3.8, 4) is 0 Å². The molecule has 0 bridgehead atoms. The van der Waals surface area contributed by atoms with E-state index in [1.165, 1.54) is 5.56 Å². The minimum atomic E-state index is -0.389. The summed E-state index contributed by atoms with van der Waals surface area (Å²) in [4.78, 5) is 0. The summed E-state index contributed by atoms with van der Waals surface area (Å²) < 4.78 is 5.21. The monoisotopic (exact) mass is 221 g/mol. The van der Waals surface area contributed by atoms with E-state index >= 15 is 0 Å². The normalized spacial score (nSPS) is 27.6. The summed E-state index contributed by atoms with van der Waals surface area (Å²) in [5.74, 6) is 0. The molecule has 1 aliphatic heterocycles. The molecule has 2 N–H and O–H groups in total. The zero-order chi connectivity index (χ0) is 11.4. The van der Waals surface area contributed by atoms with Crippen molar-refractivity contribution in [2.24, 2.45) is 0 Å². The highest BCUT2D eigenvalue weighted by Crippen LogP contribution is 2.16. The van der Waals surface area contributed by atoms with E-state index in [4.69, 9.17) is 4.74 Å². The van der Waals surface area contributed by atoms with Crippen LogP contribution in [0.3, 0.4) is 0 Å². The van der Waals surface area contributed by atoms with Crippen molar-refractivity contribution in [3.63, 3.8) is 0 Å². The summed E-state index contributed by atoms with van der Waals surface area (Å²) in [6, 6.07) is 10.7. The smallest absolute Gasteiger partial charge is 0.0927 e. The Morgan fingerprint density at radius 2 is 2.12 bits per heavy atom. The van der Waals surface area contributed by atoms with Crippen LogP contribution >= 0.6 is 0 Å². The van der Waals surface area contributed by atoms with Gasteiger partial charge in [-0.3, -0.25) is 0 Å². The number of hydrogen-bond donors (Lipinski definition) is 2. The molecule has 2 rings (SSSR count). The van der Waals surface area contributed by atoms with Crippen molar-refractivity contribution >= 4 is 0 Å². The summed E-state index contributed by atoms with van der Waals surface area (Å²) >= 11 is 0. The first-order valence-electron chi connectivity index (χ1n) is 5.84. The fourth-order valence-electron chi connectivity index (χ4n) is 2.08. The molecule has 1 unspecified atom stereocenters. The Morgan fingerprint density at radius 1 is 1.38 bits per heavy atom. The quantitative estimate of drug-likeness (QED) is 0.812. The molecule has 1 aromatic rings. The molecule has 3 nitrogen and oxygen atoms in total. The Kier molecular flexibility index (Phi) is 3.93. The fraction of sp³-hybridized carbons (Fsp3) is 0.538. The minimum absolute atomic E-state index is 0.143. The average molecular weight is 221 g/mol. The zero-order valence-electron chi connectivity index (χ0n) is 9.60. The number of aliphatic hydroxyl groups is 1. The van der Waals surface area contributed by atoms with Gasteiger partial charge in [-0.2, -0.15) is 0 Å². The van der Waals surface area contributed by atoms with Crippen LogP contribution in [0.15, 0.2) is 30.3 Å². The third kappa shape index (κ3) is 2.82. The van der Waals surface area contributed by atoms with Gasteiger partial charge in [-0.15, -0.1) is 0 Å². The summed E-state index contributed by atoms with van der Waals surface area (Å²) in [7, 11) is 0. The lowest BCUT2D eigenvalue weighted by Gasteiger charge is -2.31. The maximum Gasteiger partial charge on any atom is 0.0927 e. The molecule has 3 heteroatoms. The molecule has 0 radical (unpaired) electrons. The van der Waals surface area contributed by atoms with E-state index in [-0.39, 0.29) is 18.2 Å². The zero-order valence-corrected chi connectivity index (χ0v) is 9.60. The number of nitrogens with one attached hydrogen (secondary N) is 1. The lowest BCUT2D eigenvalue weighted by molar-refractivity contribution is -0.0299. The lowest BCUT2D eigenvalue weighted by Crippen LogP contribution is -2.47. The average Bonchev–Trinajstić information content (AvgIpc) is 2.33. The van der Waals surface area contributed by atoms with Crippen LogP contribution in [-0.4, -0.2) is 30.5 Å². The van der Waals surface area contributed by atoms with E-state index in [1.807, 2.05) is 18.2 Å². The van der Waals surface area contributed by atoms with E-state index in [9.17, 15) is 5.11 Å². The summed E-state index contributed by atoms with van der Waals surface area (Å²) in [6.45, 7) is 3.30. The minimum Gasteiger partial charge on any atom is -0.389 e. The molecule has 16 heavy (non-hydrogen) atoms. The maximum atomic E-state index is 9.78. The van der Waals surface area contributed by atoms with Gasteiger partial charge in [-0.05, 0) is 18.9 Å². The molecular weight excluding hydrogens is 202 g/mol. The van der Waals surface area contributed by atoms with Gasteiger partial charge < -0.3 is 15.2 Å². The van der Waals surface area contributed by atoms with Crippen molar-refractivity contribution in [1.29, 1.82) is 0 Å². The van der Waals surface area contributed by atoms with Crippen LogP contribution in [0.5, 0.6) is 0 Å². The molecule has 0 saturated carbocycles. The molecule has 0 amide bonds. The number of benzene rings is 1. The fourth-order valence-corrected chi connectivity index (χ4v) is 2.08. The number of rotatable bonds is 3. The maximum absolute atomic E-state index is 9.78. The molecule has 0 aromatic heterocycles. The SMILES string of the molecule is C[C@H](N[C@H]1CCOCC1O)c1ccccc1. The molecule has 1 heterocycles. The molecule has 1 fully saturated rings. The second-order valence-electron chi connectivity index (χ2n) is 4.34. The van der Waals surface area contributed by atoms with Gasteiger partial charge in [0, 0.05) is 18.7 Å². The van der Waals surface area contributed by atoms with Gasteiger partial charge in [-0.1, -0.05) is 30.3 Å². The van der Waals surface area contributed by atoms with Gasteiger partial charge in [0.05, 0.1) is 12.7 Å². The topological polar surface area (TPSA) is 41.5 Å².